The standard InChI is InChI=1S/C18H22ClN5/c19-15-11-20-24(13-15)9-8-23-7-3-4-14(12-23)10-18-21-16-5-1-2-6-17(16)22-18/h1-2,5-6,11,13-14H,3-4,7-10,12H2,(H,21,22)/t14-/m0/s1. The molecule has 1 saturated heterocycles. The van der Waals surface area contributed by atoms with Gasteiger partial charge in [0.15, 0.2) is 0 Å². The fourth-order valence-electron chi connectivity index (χ4n) is 3.60. The van der Waals surface area contributed by atoms with Gasteiger partial charge < -0.3 is 9.88 Å². The van der Waals surface area contributed by atoms with E-state index < -0.39 is 0 Å². The summed E-state index contributed by atoms with van der Waals surface area (Å²) in [6.07, 6.45) is 7.14. The van der Waals surface area contributed by atoms with Gasteiger partial charge >= 0.3 is 0 Å². The first kappa shape index (κ1) is 15.7. The number of para-hydroxylation sites is 2. The van der Waals surface area contributed by atoms with Crippen LogP contribution in [0.2, 0.25) is 5.02 Å². The zero-order valence-corrected chi connectivity index (χ0v) is 14.4. The molecule has 6 heteroatoms. The molecule has 0 aliphatic carbocycles. The number of imidazole rings is 1. The number of H-pyrrole nitrogens is 1. The second-order valence-electron chi connectivity index (χ2n) is 6.64. The Morgan fingerprint density at radius 2 is 2.17 bits per heavy atom. The van der Waals surface area contributed by atoms with Crippen LogP contribution in [0.4, 0.5) is 0 Å². The molecule has 0 unspecified atom stereocenters. The highest BCUT2D eigenvalue weighted by molar-refractivity contribution is 6.30. The minimum Gasteiger partial charge on any atom is -0.342 e. The van der Waals surface area contributed by atoms with E-state index in [1.54, 1.807) is 6.20 Å². The number of nitrogens with zero attached hydrogens (tertiary/aromatic N) is 4. The first-order valence-electron chi connectivity index (χ1n) is 8.60. The number of likely N-dealkylation sites (tertiary alicyclic amines) is 1. The van der Waals surface area contributed by atoms with E-state index in [1.807, 2.05) is 23.0 Å². The van der Waals surface area contributed by atoms with Crippen LogP contribution < -0.4 is 0 Å². The molecule has 0 bridgehead atoms. The van der Waals surface area contributed by atoms with Crippen molar-refractivity contribution in [1.29, 1.82) is 0 Å². The van der Waals surface area contributed by atoms with Crippen LogP contribution in [-0.2, 0) is 13.0 Å². The molecule has 1 aromatic carbocycles. The molecule has 1 fully saturated rings. The van der Waals surface area contributed by atoms with E-state index >= 15 is 0 Å². The summed E-state index contributed by atoms with van der Waals surface area (Å²) in [6, 6.07) is 8.25. The molecule has 2 aromatic heterocycles. The minimum atomic E-state index is 0.667. The Balaban J connectivity index is 1.34. The highest BCUT2D eigenvalue weighted by Gasteiger charge is 2.21. The quantitative estimate of drug-likeness (QED) is 0.772. The number of halogens is 1. The van der Waals surface area contributed by atoms with Gasteiger partial charge in [-0.3, -0.25) is 4.68 Å². The lowest BCUT2D eigenvalue weighted by molar-refractivity contribution is 0.166. The van der Waals surface area contributed by atoms with Gasteiger partial charge in [-0.05, 0) is 37.4 Å². The maximum absolute atomic E-state index is 5.92. The third kappa shape index (κ3) is 3.62. The second kappa shape index (κ2) is 6.95. The van der Waals surface area contributed by atoms with Gasteiger partial charge in [0.25, 0.3) is 0 Å². The Kier molecular flexibility index (Phi) is 4.54. The fraction of sp³-hybridized carbons (Fsp3) is 0.444. The Morgan fingerprint density at radius 1 is 1.25 bits per heavy atom. The second-order valence-corrected chi connectivity index (χ2v) is 7.07. The largest absolute Gasteiger partial charge is 0.342 e. The van der Waals surface area contributed by atoms with Crippen LogP contribution in [0.1, 0.15) is 18.7 Å². The van der Waals surface area contributed by atoms with Crippen molar-refractivity contribution >= 4 is 22.6 Å². The smallest absolute Gasteiger partial charge is 0.107 e. The van der Waals surface area contributed by atoms with E-state index in [-0.39, 0.29) is 0 Å². The molecular formula is C18H22ClN5. The summed E-state index contributed by atoms with van der Waals surface area (Å²) in [5, 5.41) is 4.96. The lowest BCUT2D eigenvalue weighted by Crippen LogP contribution is -2.38. The molecule has 1 aliphatic rings. The molecule has 1 atom stereocenters. The van der Waals surface area contributed by atoms with Crippen LogP contribution in [0.5, 0.6) is 0 Å². The summed E-state index contributed by atoms with van der Waals surface area (Å²) in [4.78, 5) is 10.7. The van der Waals surface area contributed by atoms with Gasteiger partial charge in [0.2, 0.25) is 0 Å². The van der Waals surface area contributed by atoms with Crippen LogP contribution in [0.3, 0.4) is 0 Å². The van der Waals surface area contributed by atoms with E-state index in [4.69, 9.17) is 16.6 Å². The predicted octanol–water partition coefficient (Wildman–Crippen LogP) is 3.37. The first-order valence-corrected chi connectivity index (χ1v) is 8.98. The van der Waals surface area contributed by atoms with Crippen LogP contribution >= 0.6 is 11.6 Å². The number of rotatable bonds is 5. The van der Waals surface area contributed by atoms with Crippen molar-refractivity contribution in [2.45, 2.75) is 25.8 Å². The third-order valence-electron chi connectivity index (χ3n) is 4.77. The van der Waals surface area contributed by atoms with Crippen LogP contribution in [0, 0.1) is 5.92 Å². The van der Waals surface area contributed by atoms with E-state index in [1.165, 1.54) is 19.4 Å². The molecule has 0 amide bonds. The molecule has 126 valence electrons. The number of fused-ring (bicyclic) bond motifs is 1. The average molecular weight is 344 g/mol. The Hall–Kier alpha value is -1.85. The summed E-state index contributed by atoms with van der Waals surface area (Å²) >= 11 is 5.92. The van der Waals surface area contributed by atoms with Crippen molar-refractivity contribution in [1.82, 2.24) is 24.6 Å². The molecule has 0 saturated carbocycles. The van der Waals surface area contributed by atoms with Crippen LogP contribution in [-0.4, -0.2) is 44.3 Å². The van der Waals surface area contributed by atoms with E-state index in [0.717, 1.165) is 42.9 Å². The van der Waals surface area contributed by atoms with Crippen LogP contribution in [0.25, 0.3) is 11.0 Å². The molecule has 5 nitrogen and oxygen atoms in total. The number of aromatic nitrogens is 4. The van der Waals surface area contributed by atoms with Gasteiger partial charge in [-0.2, -0.15) is 5.10 Å². The predicted molar refractivity (Wildman–Crippen MR) is 96.2 cm³/mol. The SMILES string of the molecule is Clc1cnn(CCN2CCC[C@@H](Cc3nc4ccccc4[nH]3)C2)c1. The van der Waals surface area contributed by atoms with Crippen molar-refractivity contribution < 1.29 is 0 Å². The van der Waals surface area contributed by atoms with Crippen molar-refractivity contribution in [2.75, 3.05) is 19.6 Å². The van der Waals surface area contributed by atoms with Gasteiger partial charge in [0.1, 0.15) is 5.82 Å². The zero-order chi connectivity index (χ0) is 16.4. The maximum Gasteiger partial charge on any atom is 0.107 e. The van der Waals surface area contributed by atoms with Gasteiger partial charge in [-0.15, -0.1) is 0 Å². The summed E-state index contributed by atoms with van der Waals surface area (Å²) in [5.74, 6) is 1.78. The number of aromatic amines is 1. The molecule has 1 aliphatic heterocycles. The van der Waals surface area contributed by atoms with Gasteiger partial charge in [-0.1, -0.05) is 23.7 Å². The normalized spacial score (nSPS) is 19.1. The van der Waals surface area contributed by atoms with Gasteiger partial charge in [0, 0.05) is 25.7 Å². The highest BCUT2D eigenvalue weighted by Crippen LogP contribution is 2.21. The molecule has 3 aromatic rings. The minimum absolute atomic E-state index is 0.667. The summed E-state index contributed by atoms with van der Waals surface area (Å²) < 4.78 is 1.92. The van der Waals surface area contributed by atoms with E-state index in [0.29, 0.717) is 10.9 Å². The van der Waals surface area contributed by atoms with Gasteiger partial charge in [0.05, 0.1) is 28.8 Å². The summed E-state index contributed by atoms with van der Waals surface area (Å²) in [7, 11) is 0. The summed E-state index contributed by atoms with van der Waals surface area (Å²) in [6.45, 7) is 4.22. The zero-order valence-electron chi connectivity index (χ0n) is 13.7. The Bertz CT molecular complexity index is 775. The highest BCUT2D eigenvalue weighted by atomic mass is 35.5. The maximum atomic E-state index is 5.92. The summed E-state index contributed by atoms with van der Waals surface area (Å²) in [5.41, 5.74) is 2.20. The first-order chi connectivity index (χ1) is 11.8. The number of piperidine rings is 1. The molecule has 0 spiro atoms. The van der Waals surface area contributed by atoms with Gasteiger partial charge in [-0.25, -0.2) is 4.98 Å². The fourth-order valence-corrected chi connectivity index (χ4v) is 3.76. The third-order valence-corrected chi connectivity index (χ3v) is 4.97. The lowest BCUT2D eigenvalue weighted by Gasteiger charge is -2.32. The van der Waals surface area contributed by atoms with Crippen LogP contribution in [0.15, 0.2) is 36.7 Å². The molecule has 4 rings (SSSR count). The number of hydrogen-bond donors (Lipinski definition) is 1. The monoisotopic (exact) mass is 343 g/mol. The average Bonchev–Trinajstić information content (AvgIpc) is 3.18. The molecule has 1 N–H and O–H groups in total. The van der Waals surface area contributed by atoms with Crippen molar-refractivity contribution in [2.24, 2.45) is 5.92 Å². The van der Waals surface area contributed by atoms with Crippen molar-refractivity contribution in [3.63, 3.8) is 0 Å². The molecule has 3 heterocycles. The number of benzene rings is 1. The lowest BCUT2D eigenvalue weighted by atomic mass is 9.94. The number of hydrogen-bond acceptors (Lipinski definition) is 3. The van der Waals surface area contributed by atoms with Crippen molar-refractivity contribution in [3.8, 4) is 0 Å². The number of nitrogens with one attached hydrogen (secondary N) is 1. The Labute approximate surface area is 146 Å². The van der Waals surface area contributed by atoms with E-state index in [2.05, 4.69) is 27.1 Å². The molecular weight excluding hydrogens is 322 g/mol. The van der Waals surface area contributed by atoms with E-state index in [9.17, 15) is 0 Å². The Morgan fingerprint density at radius 3 is 3.00 bits per heavy atom. The molecule has 24 heavy (non-hydrogen) atoms. The molecule has 0 radical (unpaired) electrons. The van der Waals surface area contributed by atoms with Crippen molar-refractivity contribution in [3.05, 3.63) is 47.5 Å². The topological polar surface area (TPSA) is 49.7 Å².